The van der Waals surface area contributed by atoms with Gasteiger partial charge in [0.1, 0.15) is 0 Å². The molecule has 404 valence electrons. The maximum absolute atomic E-state index is 2.22. The Morgan fingerprint density at radius 2 is 0.373 bits per heavy atom. The summed E-state index contributed by atoms with van der Waals surface area (Å²) in [5.74, 6) is 0. The van der Waals surface area contributed by atoms with E-state index in [-0.39, 0.29) is 0 Å². The van der Waals surface area contributed by atoms with Crippen LogP contribution >= 0.6 is 0 Å². The second kappa shape index (κ2) is 56.3. The molecule has 0 saturated carbocycles. The summed E-state index contributed by atoms with van der Waals surface area (Å²) in [6.45, 7) is 40.0. The van der Waals surface area contributed by atoms with Gasteiger partial charge in [-0.25, -0.2) is 0 Å². The molecule has 0 atom stereocenters. The van der Waals surface area contributed by atoms with Crippen molar-refractivity contribution in [2.75, 3.05) is 0 Å². The molecular weight excluding hydrogens is 901 g/mol. The van der Waals surface area contributed by atoms with E-state index in [4.69, 9.17) is 0 Å². The van der Waals surface area contributed by atoms with E-state index >= 15 is 0 Å². The third kappa shape index (κ3) is 29.5. The molecule has 0 unspecified atom stereocenters. The Labute approximate surface area is 463 Å². The predicted molar refractivity (Wildman–Crippen MR) is 352 cm³/mol. The Bertz CT molecular complexity index is 2430. The predicted octanol–water partition coefficient (Wildman–Crippen LogP) is 25.4. The highest BCUT2D eigenvalue weighted by molar-refractivity contribution is 6.07. The van der Waals surface area contributed by atoms with E-state index in [1.165, 1.54) is 65.7 Å². The van der Waals surface area contributed by atoms with Gasteiger partial charge in [-0.1, -0.05) is 393 Å². The lowest BCUT2D eigenvalue weighted by atomic mass is 10.0. The average molecular weight is 1010 g/mol. The van der Waals surface area contributed by atoms with Gasteiger partial charge in [-0.15, -0.1) is 0 Å². The number of benzene rings is 10. The molecule has 0 heterocycles. The van der Waals surface area contributed by atoms with Crippen molar-refractivity contribution in [3.63, 3.8) is 0 Å². The minimum absolute atomic E-state index is 1.10. The minimum Gasteiger partial charge on any atom is -0.0683 e. The zero-order chi connectivity index (χ0) is 57.3. The van der Waals surface area contributed by atoms with Crippen molar-refractivity contribution < 1.29 is 0 Å². The van der Waals surface area contributed by atoms with E-state index in [2.05, 4.69) is 206 Å². The van der Waals surface area contributed by atoms with Crippen LogP contribution in [0.4, 0.5) is 0 Å². The summed E-state index contributed by atoms with van der Waals surface area (Å²) >= 11 is 0. The second-order valence-corrected chi connectivity index (χ2v) is 13.2. The first-order valence-corrected chi connectivity index (χ1v) is 28.9. The molecule has 0 saturated heterocycles. The lowest BCUT2D eigenvalue weighted by Gasteiger charge is -2.02. The zero-order valence-electron chi connectivity index (χ0n) is 51.0. The number of hydrogen-bond donors (Lipinski definition) is 0. The van der Waals surface area contributed by atoms with E-state index in [0.717, 1.165) is 6.42 Å². The van der Waals surface area contributed by atoms with Gasteiger partial charge >= 0.3 is 0 Å². The van der Waals surface area contributed by atoms with Crippen LogP contribution in [0.5, 0.6) is 0 Å². The van der Waals surface area contributed by atoms with Crippen molar-refractivity contribution in [2.45, 2.75) is 145 Å². The van der Waals surface area contributed by atoms with Gasteiger partial charge < -0.3 is 0 Å². The van der Waals surface area contributed by atoms with Gasteiger partial charge in [-0.3, -0.25) is 0 Å². The Morgan fingerprint density at radius 1 is 0.173 bits per heavy atom. The standard InChI is InChI=1S/C14H10.C13H10.C12H10.C10H8.C6H6.10C2H6/c1-3-7-13-11(5-1)9-10-12-6-2-4-8-14(12)13;1-3-7-12-10(5-1)9-11-6-2-4-8-13(11)12;1-3-7-11(8-4-1)12-9-5-2-6-10-12;1-2-6-10-8-4-3-7-9(10)5-1;1-2-4-6-5-3-1;10*1-2/h1-10H;1-8H,9H2;1-10H;1-8H;1-6H;10*1-2H3. The summed E-state index contributed by atoms with van der Waals surface area (Å²) < 4.78 is 0. The molecule has 0 amide bonds. The van der Waals surface area contributed by atoms with Crippen molar-refractivity contribution in [2.24, 2.45) is 0 Å². The van der Waals surface area contributed by atoms with E-state index in [0.29, 0.717) is 0 Å². The van der Waals surface area contributed by atoms with Gasteiger partial charge in [0.15, 0.2) is 0 Å². The van der Waals surface area contributed by atoms with Gasteiger partial charge in [0.25, 0.3) is 0 Å². The van der Waals surface area contributed by atoms with Crippen LogP contribution in [0.1, 0.15) is 150 Å². The highest BCUT2D eigenvalue weighted by atomic mass is 14.2. The maximum atomic E-state index is 2.22. The third-order valence-corrected chi connectivity index (χ3v) is 9.57. The average Bonchev–Trinajstić information content (AvgIpc) is 3.94. The summed E-state index contributed by atoms with van der Waals surface area (Å²) in [7, 11) is 0. The maximum Gasteiger partial charge on any atom is -0.00135 e. The first-order chi connectivity index (χ1) is 37.3. The van der Waals surface area contributed by atoms with Gasteiger partial charge in [-0.05, 0) is 72.1 Å². The van der Waals surface area contributed by atoms with Gasteiger partial charge in [0.05, 0.1) is 0 Å². The fourth-order valence-electron chi connectivity index (χ4n) is 6.81. The SMILES string of the molecule is CC.CC.CC.CC.CC.CC.CC.CC.CC.CC.c1ccc(-c2ccccc2)cc1.c1ccc2c(c1)Cc1ccccc1-2.c1ccc2c(c1)ccc1ccccc12.c1ccc2ccccc2c1.c1ccccc1. The van der Waals surface area contributed by atoms with E-state index in [1.54, 1.807) is 0 Å². The quantitative estimate of drug-likeness (QED) is 0.144. The van der Waals surface area contributed by atoms with Crippen LogP contribution in [0, 0.1) is 0 Å². The Balaban J connectivity index is -0.000000392. The van der Waals surface area contributed by atoms with E-state index in [1.807, 2.05) is 187 Å². The fraction of sp³-hybridized carbons (Fsp3) is 0.280. The summed E-state index contributed by atoms with van der Waals surface area (Å²) in [4.78, 5) is 0. The first-order valence-electron chi connectivity index (χ1n) is 28.9. The normalized spacial score (nSPS) is 8.48. The monoisotopic (exact) mass is 1000 g/mol. The lowest BCUT2D eigenvalue weighted by molar-refractivity contribution is 1.26. The summed E-state index contributed by atoms with van der Waals surface area (Å²) in [6.07, 6.45) is 1.10. The molecule has 0 aromatic heterocycles. The minimum atomic E-state index is 1.10. The third-order valence-electron chi connectivity index (χ3n) is 9.57. The summed E-state index contributed by atoms with van der Waals surface area (Å²) in [5, 5.41) is 7.92. The van der Waals surface area contributed by atoms with Crippen LogP contribution in [0.2, 0.25) is 0 Å². The van der Waals surface area contributed by atoms with Crippen molar-refractivity contribution in [1.29, 1.82) is 0 Å². The van der Waals surface area contributed by atoms with Crippen LogP contribution in [0.15, 0.2) is 255 Å². The molecule has 0 bridgehead atoms. The Hall–Kier alpha value is -7.02. The fourth-order valence-corrected chi connectivity index (χ4v) is 6.81. The van der Waals surface area contributed by atoms with Crippen molar-refractivity contribution in [3.8, 4) is 22.3 Å². The van der Waals surface area contributed by atoms with Gasteiger partial charge in [0.2, 0.25) is 0 Å². The summed E-state index contributed by atoms with van der Waals surface area (Å²) in [5.41, 5.74) is 8.31. The smallest absolute Gasteiger partial charge is 0.00135 e. The van der Waals surface area contributed by atoms with Crippen LogP contribution < -0.4 is 0 Å². The molecule has 0 fully saturated rings. The molecule has 1 aliphatic carbocycles. The Morgan fingerprint density at radius 3 is 0.653 bits per heavy atom. The molecule has 0 spiro atoms. The largest absolute Gasteiger partial charge is 0.0683 e. The lowest BCUT2D eigenvalue weighted by Crippen LogP contribution is -1.77. The van der Waals surface area contributed by atoms with Crippen molar-refractivity contribution in [3.05, 3.63) is 266 Å². The molecule has 0 heteroatoms. The van der Waals surface area contributed by atoms with Crippen LogP contribution in [0.25, 0.3) is 54.6 Å². The molecular formula is C75H104. The van der Waals surface area contributed by atoms with E-state index in [9.17, 15) is 0 Å². The van der Waals surface area contributed by atoms with Crippen LogP contribution in [-0.4, -0.2) is 0 Å². The van der Waals surface area contributed by atoms with Crippen LogP contribution in [-0.2, 0) is 6.42 Å². The molecule has 0 N–H and O–H groups in total. The number of hydrogen-bond acceptors (Lipinski definition) is 0. The van der Waals surface area contributed by atoms with E-state index < -0.39 is 0 Å². The topological polar surface area (TPSA) is 0 Å². The molecule has 75 heavy (non-hydrogen) atoms. The Kier molecular flexibility index (Phi) is 55.9. The van der Waals surface area contributed by atoms with Gasteiger partial charge in [0, 0.05) is 0 Å². The molecule has 10 aromatic rings. The molecule has 0 aliphatic heterocycles. The highest BCUT2D eigenvalue weighted by Gasteiger charge is 2.15. The van der Waals surface area contributed by atoms with Crippen LogP contribution in [0.3, 0.4) is 0 Å². The first kappa shape index (κ1) is 74.5. The molecule has 0 nitrogen and oxygen atoms in total. The molecule has 0 radical (unpaired) electrons. The number of fused-ring (bicyclic) bond motifs is 7. The number of rotatable bonds is 1. The van der Waals surface area contributed by atoms with Crippen molar-refractivity contribution in [1.82, 2.24) is 0 Å². The summed E-state index contributed by atoms with van der Waals surface area (Å²) in [6, 6.07) is 88.2. The van der Waals surface area contributed by atoms with Gasteiger partial charge in [-0.2, -0.15) is 0 Å². The zero-order valence-corrected chi connectivity index (χ0v) is 51.0. The molecule has 1 aliphatic rings. The molecule has 10 aromatic carbocycles. The molecule has 11 rings (SSSR count). The van der Waals surface area contributed by atoms with Crippen molar-refractivity contribution >= 4 is 32.3 Å². The highest BCUT2D eigenvalue weighted by Crippen LogP contribution is 2.35. The second-order valence-electron chi connectivity index (χ2n) is 13.2.